The highest BCUT2D eigenvalue weighted by atomic mass is 16.3. The van der Waals surface area contributed by atoms with E-state index in [-0.39, 0.29) is 11.5 Å². The highest BCUT2D eigenvalue weighted by molar-refractivity contribution is 5.21. The molecule has 31 heavy (non-hydrogen) atoms. The molecule has 0 aliphatic heterocycles. The molecule has 5 rings (SSSR count). The van der Waals surface area contributed by atoms with Crippen molar-refractivity contribution in [1.82, 2.24) is 0 Å². The lowest BCUT2D eigenvalue weighted by Gasteiger charge is -2.73. The first kappa shape index (κ1) is 22.5. The Morgan fingerprint density at radius 1 is 0.774 bits per heavy atom. The highest BCUT2D eigenvalue weighted by Crippen LogP contribution is 2.76. The lowest BCUT2D eigenvalue weighted by molar-refractivity contribution is -0.251. The van der Waals surface area contributed by atoms with Crippen molar-refractivity contribution in [1.29, 1.82) is 0 Å². The van der Waals surface area contributed by atoms with Gasteiger partial charge in [-0.05, 0) is 121 Å². The summed E-state index contributed by atoms with van der Waals surface area (Å²) in [6.45, 7) is 22.6. The van der Waals surface area contributed by atoms with Gasteiger partial charge in [-0.2, -0.15) is 0 Å². The zero-order valence-electron chi connectivity index (χ0n) is 21.7. The Balaban J connectivity index is 1.54. The molecule has 1 nitrogen and oxygen atoms in total. The van der Waals surface area contributed by atoms with Crippen LogP contribution in [0.4, 0.5) is 0 Å². The molecule has 5 aliphatic rings. The summed E-state index contributed by atoms with van der Waals surface area (Å²) in [6, 6.07) is 0. The first-order valence-corrected chi connectivity index (χ1v) is 13.7. The van der Waals surface area contributed by atoms with Gasteiger partial charge in [0.1, 0.15) is 0 Å². The molecule has 0 aromatic heterocycles. The molecule has 0 amide bonds. The van der Waals surface area contributed by atoms with Gasteiger partial charge in [0.2, 0.25) is 0 Å². The van der Waals surface area contributed by atoms with Gasteiger partial charge in [0.15, 0.2) is 0 Å². The van der Waals surface area contributed by atoms with Crippen molar-refractivity contribution >= 4 is 0 Å². The molecule has 0 aromatic carbocycles. The van der Waals surface area contributed by atoms with Gasteiger partial charge in [-0.3, -0.25) is 0 Å². The molecule has 0 spiro atoms. The fraction of sp³-hybridized carbons (Fsp3) is 0.933. The number of aliphatic hydroxyl groups excluding tert-OH is 1. The summed E-state index contributed by atoms with van der Waals surface area (Å²) in [5.41, 5.74) is 3.43. The third-order valence-electron chi connectivity index (χ3n) is 13.6. The monoisotopic (exact) mass is 426 g/mol. The maximum absolute atomic E-state index is 10.9. The zero-order chi connectivity index (χ0) is 22.6. The average Bonchev–Trinajstić information content (AvgIpc) is 2.69. The molecule has 0 saturated heterocycles. The van der Waals surface area contributed by atoms with E-state index in [9.17, 15) is 5.11 Å². The van der Waals surface area contributed by atoms with Crippen LogP contribution in [-0.4, -0.2) is 11.2 Å². The van der Waals surface area contributed by atoms with Gasteiger partial charge < -0.3 is 5.11 Å². The van der Waals surface area contributed by atoms with Crippen LogP contribution >= 0.6 is 0 Å². The van der Waals surface area contributed by atoms with Crippen LogP contribution in [0.15, 0.2) is 12.2 Å². The van der Waals surface area contributed by atoms with Crippen molar-refractivity contribution in [2.24, 2.45) is 56.7 Å². The average molecular weight is 427 g/mol. The molecule has 0 heterocycles. The smallest absolute Gasteiger partial charge is 0.0594 e. The summed E-state index contributed by atoms with van der Waals surface area (Å²) < 4.78 is 0. The van der Waals surface area contributed by atoms with Crippen molar-refractivity contribution in [2.75, 3.05) is 0 Å². The minimum absolute atomic E-state index is 0.0623. The SMILES string of the molecule is C=C1CC[C@]2(C)CC[C@]3(C)[C@@H](CC[C@@H]4[C@@]5(C)CC[C@H](O)C(C)(C)[C@@H]5CC[C@]43C)[C@@H]2[C@@H]1C. The highest BCUT2D eigenvalue weighted by Gasteiger charge is 2.69. The van der Waals surface area contributed by atoms with E-state index in [0.29, 0.717) is 33.5 Å². The fourth-order valence-corrected chi connectivity index (χ4v) is 11.4. The van der Waals surface area contributed by atoms with Crippen LogP contribution < -0.4 is 0 Å². The molecule has 0 radical (unpaired) electrons. The van der Waals surface area contributed by atoms with Crippen LogP contribution in [0.25, 0.3) is 0 Å². The van der Waals surface area contributed by atoms with Crippen LogP contribution in [0.1, 0.15) is 113 Å². The second-order valence-corrected chi connectivity index (χ2v) is 14.7. The minimum atomic E-state index is -0.119. The van der Waals surface area contributed by atoms with Gasteiger partial charge in [0.05, 0.1) is 6.10 Å². The molecule has 5 saturated carbocycles. The van der Waals surface area contributed by atoms with E-state index in [2.05, 4.69) is 55.0 Å². The van der Waals surface area contributed by atoms with E-state index in [1.165, 1.54) is 63.4 Å². The zero-order valence-corrected chi connectivity index (χ0v) is 21.7. The molecule has 176 valence electrons. The Labute approximate surface area is 192 Å². The second kappa shape index (κ2) is 6.64. The van der Waals surface area contributed by atoms with E-state index >= 15 is 0 Å². The number of fused-ring (bicyclic) bond motifs is 7. The van der Waals surface area contributed by atoms with Crippen molar-refractivity contribution < 1.29 is 5.11 Å². The lowest BCUT2D eigenvalue weighted by atomic mass is 9.31. The molecule has 5 aliphatic carbocycles. The maximum atomic E-state index is 10.9. The Morgan fingerprint density at radius 3 is 2.19 bits per heavy atom. The number of hydrogen-bond acceptors (Lipinski definition) is 1. The summed E-state index contributed by atoms with van der Waals surface area (Å²) in [5.74, 6) is 3.88. The van der Waals surface area contributed by atoms with Gasteiger partial charge in [-0.15, -0.1) is 0 Å². The number of rotatable bonds is 0. The Morgan fingerprint density at radius 2 is 1.48 bits per heavy atom. The normalized spacial score (nSPS) is 58.5. The van der Waals surface area contributed by atoms with Gasteiger partial charge in [0.25, 0.3) is 0 Å². The van der Waals surface area contributed by atoms with Crippen molar-refractivity contribution in [3.05, 3.63) is 12.2 Å². The molecule has 0 aromatic rings. The Kier molecular flexibility index (Phi) is 4.82. The minimum Gasteiger partial charge on any atom is -0.393 e. The van der Waals surface area contributed by atoms with Crippen molar-refractivity contribution in [3.8, 4) is 0 Å². The first-order chi connectivity index (χ1) is 14.3. The molecule has 0 unspecified atom stereocenters. The van der Waals surface area contributed by atoms with E-state index in [0.717, 1.165) is 24.2 Å². The predicted molar refractivity (Wildman–Crippen MR) is 131 cm³/mol. The van der Waals surface area contributed by atoms with E-state index in [1.807, 2.05) is 0 Å². The van der Waals surface area contributed by atoms with Crippen LogP contribution in [0, 0.1) is 56.7 Å². The summed E-state index contributed by atoms with van der Waals surface area (Å²) in [7, 11) is 0. The van der Waals surface area contributed by atoms with Gasteiger partial charge in [0, 0.05) is 0 Å². The quantitative estimate of drug-likeness (QED) is 0.389. The summed E-state index contributed by atoms with van der Waals surface area (Å²) in [4.78, 5) is 0. The van der Waals surface area contributed by atoms with Gasteiger partial charge >= 0.3 is 0 Å². The second-order valence-electron chi connectivity index (χ2n) is 14.7. The van der Waals surface area contributed by atoms with E-state index in [4.69, 9.17) is 0 Å². The molecule has 1 N–H and O–H groups in total. The topological polar surface area (TPSA) is 20.2 Å². The van der Waals surface area contributed by atoms with Gasteiger partial charge in [-0.25, -0.2) is 0 Å². The third kappa shape index (κ3) is 2.65. The number of hydrogen-bond donors (Lipinski definition) is 1. The lowest BCUT2D eigenvalue weighted by Crippen LogP contribution is -2.67. The predicted octanol–water partition coefficient (Wildman–Crippen LogP) is 8.02. The van der Waals surface area contributed by atoms with Crippen LogP contribution in [0.2, 0.25) is 0 Å². The van der Waals surface area contributed by atoms with Crippen molar-refractivity contribution in [2.45, 2.75) is 119 Å². The molecule has 5 fully saturated rings. The summed E-state index contributed by atoms with van der Waals surface area (Å²) in [5, 5.41) is 10.9. The molecular formula is C30H50O. The third-order valence-corrected chi connectivity index (χ3v) is 13.6. The summed E-state index contributed by atoms with van der Waals surface area (Å²) in [6.07, 6.45) is 13.2. The number of allylic oxidation sites excluding steroid dienone is 1. The van der Waals surface area contributed by atoms with E-state index in [1.54, 1.807) is 0 Å². The molecule has 1 heteroatoms. The van der Waals surface area contributed by atoms with Crippen molar-refractivity contribution in [3.63, 3.8) is 0 Å². The maximum Gasteiger partial charge on any atom is 0.0594 e. The number of aliphatic hydroxyl groups is 1. The summed E-state index contributed by atoms with van der Waals surface area (Å²) >= 11 is 0. The Hall–Kier alpha value is -0.300. The largest absolute Gasteiger partial charge is 0.393 e. The van der Waals surface area contributed by atoms with Crippen LogP contribution in [0.3, 0.4) is 0 Å². The van der Waals surface area contributed by atoms with Gasteiger partial charge in [-0.1, -0.05) is 60.6 Å². The van der Waals surface area contributed by atoms with Crippen LogP contribution in [-0.2, 0) is 0 Å². The molecular weight excluding hydrogens is 376 g/mol. The first-order valence-electron chi connectivity index (χ1n) is 13.7. The molecule has 0 bridgehead atoms. The standard InChI is InChI=1S/C30H50O/c1-19-11-14-27(5)17-18-29(7)21(25(27)20(19)2)9-10-23-28(6)15-13-24(31)26(3,4)22(28)12-16-30(23,29)8/h20-25,31H,1,9-18H2,2-8H3/t20-,21+,22+,23-,24+,25+,27-,28+,29-,30-/m1/s1. The van der Waals surface area contributed by atoms with Crippen LogP contribution in [0.5, 0.6) is 0 Å². The van der Waals surface area contributed by atoms with E-state index < -0.39 is 0 Å². The fourth-order valence-electron chi connectivity index (χ4n) is 11.4. The Bertz CT molecular complexity index is 766. The molecule has 10 atom stereocenters.